The minimum Gasteiger partial charge on any atom is -1.00 e. The van der Waals surface area contributed by atoms with Crippen molar-refractivity contribution >= 4 is 32.6 Å². The number of hydrogen-bond donors (Lipinski definition) is 1. The van der Waals surface area contributed by atoms with E-state index < -0.39 is 0 Å². The van der Waals surface area contributed by atoms with Crippen molar-refractivity contribution in [2.45, 2.75) is 46.1 Å². The molecule has 0 atom stereocenters. The van der Waals surface area contributed by atoms with Crippen molar-refractivity contribution in [2.24, 2.45) is 0 Å². The van der Waals surface area contributed by atoms with Gasteiger partial charge < -0.3 is 22.0 Å². The molecule has 0 bridgehead atoms. The maximum absolute atomic E-state index is 8.64. The SMILES string of the molecule is Cc1c2cc[n+](CCCCCC#N)cc2c(C)c2c1[nH]c1ccccc12.[Br-]. The van der Waals surface area contributed by atoms with Crippen LogP contribution in [0.4, 0.5) is 0 Å². The lowest BCUT2D eigenvalue weighted by Gasteiger charge is -2.08. The van der Waals surface area contributed by atoms with Gasteiger partial charge in [0, 0.05) is 40.6 Å². The number of nitriles is 1. The number of aryl methyl sites for hydroxylation is 3. The monoisotopic (exact) mass is 421 g/mol. The number of fused-ring (bicyclic) bond motifs is 4. The molecule has 4 heteroatoms. The van der Waals surface area contributed by atoms with E-state index in [0.29, 0.717) is 6.42 Å². The third kappa shape index (κ3) is 3.44. The molecule has 0 radical (unpaired) electrons. The Morgan fingerprint density at radius 2 is 1.78 bits per heavy atom. The van der Waals surface area contributed by atoms with Crippen molar-refractivity contribution in [3.63, 3.8) is 0 Å². The average molecular weight is 422 g/mol. The summed E-state index contributed by atoms with van der Waals surface area (Å²) in [6, 6.07) is 13.0. The number of rotatable bonds is 5. The fourth-order valence-corrected chi connectivity index (χ4v) is 4.06. The van der Waals surface area contributed by atoms with Gasteiger partial charge in [-0.3, -0.25) is 0 Å². The maximum Gasteiger partial charge on any atom is 0.176 e. The van der Waals surface area contributed by atoms with Gasteiger partial charge in [-0.25, -0.2) is 4.57 Å². The molecule has 2 aromatic heterocycles. The van der Waals surface area contributed by atoms with Gasteiger partial charge in [0.25, 0.3) is 0 Å². The summed E-state index contributed by atoms with van der Waals surface area (Å²) in [6.45, 7) is 5.46. The molecule has 0 saturated carbocycles. The number of unbranched alkanes of at least 4 members (excludes halogenated alkanes) is 3. The predicted octanol–water partition coefficient (Wildman–Crippen LogP) is 2.47. The van der Waals surface area contributed by atoms with Crippen LogP contribution in [0.3, 0.4) is 0 Å². The molecule has 138 valence electrons. The van der Waals surface area contributed by atoms with E-state index in [1.54, 1.807) is 0 Å². The minimum absolute atomic E-state index is 0. The van der Waals surface area contributed by atoms with Crippen LogP contribution in [0.2, 0.25) is 0 Å². The summed E-state index contributed by atoms with van der Waals surface area (Å²) in [5.74, 6) is 0. The van der Waals surface area contributed by atoms with Crippen molar-refractivity contribution in [3.05, 3.63) is 53.9 Å². The molecule has 0 unspecified atom stereocenters. The molecule has 3 nitrogen and oxygen atoms in total. The van der Waals surface area contributed by atoms with Crippen LogP contribution in [0.15, 0.2) is 42.7 Å². The van der Waals surface area contributed by atoms with Gasteiger partial charge in [0.15, 0.2) is 12.4 Å². The lowest BCUT2D eigenvalue weighted by molar-refractivity contribution is -0.696. The summed E-state index contributed by atoms with van der Waals surface area (Å²) in [7, 11) is 0. The first-order valence-corrected chi connectivity index (χ1v) is 9.40. The topological polar surface area (TPSA) is 43.5 Å². The molecule has 0 spiro atoms. The van der Waals surface area contributed by atoms with Crippen LogP contribution < -0.4 is 21.5 Å². The molecule has 27 heavy (non-hydrogen) atoms. The number of benzene rings is 2. The smallest absolute Gasteiger partial charge is 0.176 e. The average Bonchev–Trinajstić information content (AvgIpc) is 3.06. The van der Waals surface area contributed by atoms with Crippen LogP contribution >= 0.6 is 0 Å². The number of pyridine rings is 1. The molecule has 1 N–H and O–H groups in total. The standard InChI is InChI=1S/C23H23N3.BrH/c1-16-20-15-26(13-8-4-3-7-12-24)14-11-18(20)17(2)23-22(16)19-9-5-6-10-21(19)25-23;/h5-6,9-11,14-15H,3-4,7-8,13H2,1-2H3;1H. The van der Waals surface area contributed by atoms with Gasteiger partial charge in [-0.05, 0) is 49.3 Å². The van der Waals surface area contributed by atoms with E-state index in [1.165, 1.54) is 43.7 Å². The van der Waals surface area contributed by atoms with Crippen LogP contribution in [0.5, 0.6) is 0 Å². The lowest BCUT2D eigenvalue weighted by Crippen LogP contribution is -3.00. The summed E-state index contributed by atoms with van der Waals surface area (Å²) in [5, 5.41) is 13.9. The zero-order valence-electron chi connectivity index (χ0n) is 15.8. The number of halogens is 1. The minimum atomic E-state index is 0. The number of aromatic nitrogens is 2. The summed E-state index contributed by atoms with van der Waals surface area (Å²) in [4.78, 5) is 3.61. The van der Waals surface area contributed by atoms with Gasteiger partial charge in [-0.1, -0.05) is 18.2 Å². The van der Waals surface area contributed by atoms with E-state index >= 15 is 0 Å². The molecule has 0 aliphatic heterocycles. The molecule has 0 aliphatic rings. The second-order valence-corrected chi connectivity index (χ2v) is 7.15. The maximum atomic E-state index is 8.64. The summed E-state index contributed by atoms with van der Waals surface area (Å²) in [5.41, 5.74) is 5.12. The van der Waals surface area contributed by atoms with Crippen molar-refractivity contribution in [2.75, 3.05) is 0 Å². The normalized spacial score (nSPS) is 11.0. The Bertz CT molecular complexity index is 1150. The van der Waals surface area contributed by atoms with Crippen LogP contribution in [0.1, 0.15) is 36.8 Å². The highest BCUT2D eigenvalue weighted by Crippen LogP contribution is 2.35. The fraction of sp³-hybridized carbons (Fsp3) is 0.304. The van der Waals surface area contributed by atoms with E-state index in [9.17, 15) is 0 Å². The number of nitrogens with zero attached hydrogens (tertiary/aromatic N) is 2. The summed E-state index contributed by atoms with van der Waals surface area (Å²) < 4.78 is 2.29. The molecule has 4 rings (SSSR count). The van der Waals surface area contributed by atoms with E-state index in [-0.39, 0.29) is 17.0 Å². The number of para-hydroxylation sites is 1. The summed E-state index contributed by atoms with van der Waals surface area (Å²) >= 11 is 0. The largest absolute Gasteiger partial charge is 1.00 e. The highest BCUT2D eigenvalue weighted by molar-refractivity contribution is 6.16. The molecular weight excluding hydrogens is 398 g/mol. The first-order chi connectivity index (χ1) is 12.7. The molecule has 2 aromatic carbocycles. The Balaban J connectivity index is 0.00000210. The second kappa shape index (κ2) is 8.10. The lowest BCUT2D eigenvalue weighted by atomic mass is 9.97. The Morgan fingerprint density at radius 3 is 2.59 bits per heavy atom. The Kier molecular flexibility index (Phi) is 5.82. The Hall–Kier alpha value is -2.38. The van der Waals surface area contributed by atoms with Gasteiger partial charge in [-0.2, -0.15) is 5.26 Å². The number of aromatic amines is 1. The third-order valence-corrected chi connectivity index (χ3v) is 5.49. The van der Waals surface area contributed by atoms with E-state index in [0.717, 1.165) is 25.8 Å². The van der Waals surface area contributed by atoms with Crippen molar-refractivity contribution < 1.29 is 21.5 Å². The fourth-order valence-electron chi connectivity index (χ4n) is 4.06. The Morgan fingerprint density at radius 1 is 0.963 bits per heavy atom. The number of nitrogens with one attached hydrogen (secondary N) is 1. The van der Waals surface area contributed by atoms with Gasteiger partial charge in [0.2, 0.25) is 0 Å². The third-order valence-electron chi connectivity index (χ3n) is 5.49. The molecule has 0 saturated heterocycles. The van der Waals surface area contributed by atoms with Gasteiger partial charge >= 0.3 is 0 Å². The Labute approximate surface area is 170 Å². The van der Waals surface area contributed by atoms with Crippen molar-refractivity contribution in [1.29, 1.82) is 5.26 Å². The highest BCUT2D eigenvalue weighted by atomic mass is 79.9. The first-order valence-electron chi connectivity index (χ1n) is 9.40. The predicted molar refractivity (Wildman–Crippen MR) is 107 cm³/mol. The highest BCUT2D eigenvalue weighted by Gasteiger charge is 2.16. The van der Waals surface area contributed by atoms with Gasteiger partial charge in [0.05, 0.1) is 11.6 Å². The molecule has 2 heterocycles. The van der Waals surface area contributed by atoms with E-state index in [1.807, 2.05) is 0 Å². The second-order valence-electron chi connectivity index (χ2n) is 7.15. The quantitative estimate of drug-likeness (QED) is 0.390. The van der Waals surface area contributed by atoms with E-state index in [2.05, 4.69) is 72.2 Å². The molecule has 0 amide bonds. The number of H-pyrrole nitrogens is 1. The van der Waals surface area contributed by atoms with Crippen LogP contribution in [-0.2, 0) is 6.54 Å². The summed E-state index contributed by atoms with van der Waals surface area (Å²) in [6.07, 6.45) is 8.37. The number of hydrogen-bond acceptors (Lipinski definition) is 1. The van der Waals surface area contributed by atoms with Crippen LogP contribution in [0.25, 0.3) is 32.6 Å². The zero-order chi connectivity index (χ0) is 18.1. The van der Waals surface area contributed by atoms with Crippen LogP contribution in [-0.4, -0.2) is 4.98 Å². The first kappa shape index (κ1) is 19.4. The van der Waals surface area contributed by atoms with Crippen molar-refractivity contribution in [1.82, 2.24) is 4.98 Å². The van der Waals surface area contributed by atoms with Crippen molar-refractivity contribution in [3.8, 4) is 6.07 Å². The van der Waals surface area contributed by atoms with Gasteiger partial charge in [0.1, 0.15) is 6.54 Å². The van der Waals surface area contributed by atoms with Crippen LogP contribution in [0, 0.1) is 25.2 Å². The molecule has 4 aromatic rings. The molecule has 0 fully saturated rings. The van der Waals surface area contributed by atoms with E-state index in [4.69, 9.17) is 5.26 Å². The zero-order valence-corrected chi connectivity index (χ0v) is 17.4. The molecular formula is C23H24BrN3. The van der Waals surface area contributed by atoms with Gasteiger partial charge in [-0.15, -0.1) is 0 Å². The molecule has 0 aliphatic carbocycles.